The molecular weight excluding hydrogens is 365 g/mol. The van der Waals surface area contributed by atoms with Crippen LogP contribution in [0.1, 0.15) is 45.4 Å². The van der Waals surface area contributed by atoms with E-state index in [0.717, 1.165) is 6.42 Å². The highest BCUT2D eigenvalue weighted by atomic mass is 31.0. The first-order chi connectivity index (χ1) is 10.1. The van der Waals surface area contributed by atoms with Crippen LogP contribution in [0.2, 0.25) is 0 Å². The predicted molar refractivity (Wildman–Crippen MR) is 67.8 cm³/mol. The lowest BCUT2D eigenvalue weighted by atomic mass is 9.95. The standard InChI is InChI=1S/C12H17F10P/c1-2-3-4-5-6-7-8(13,23)9(14,15)10(16,17)11(18,19)12(20,21)22/h2-7,23H2,1H3. The van der Waals surface area contributed by atoms with Gasteiger partial charge in [0.15, 0.2) is 5.41 Å². The van der Waals surface area contributed by atoms with E-state index in [1.165, 1.54) is 0 Å². The van der Waals surface area contributed by atoms with Gasteiger partial charge in [-0.2, -0.15) is 39.5 Å². The molecule has 0 fully saturated rings. The minimum absolute atomic E-state index is 0.158. The van der Waals surface area contributed by atoms with Crippen LogP contribution in [0.4, 0.5) is 43.9 Å². The summed E-state index contributed by atoms with van der Waals surface area (Å²) >= 11 is 0. The van der Waals surface area contributed by atoms with E-state index in [4.69, 9.17) is 0 Å². The lowest BCUT2D eigenvalue weighted by molar-refractivity contribution is -0.405. The first-order valence-electron chi connectivity index (χ1n) is 6.74. The molecule has 0 N–H and O–H groups in total. The van der Waals surface area contributed by atoms with Crippen LogP contribution in [0.15, 0.2) is 0 Å². The van der Waals surface area contributed by atoms with Gasteiger partial charge in [0, 0.05) is 0 Å². The number of rotatable bonds is 9. The Bertz CT molecular complexity index is 375. The molecule has 0 aromatic heterocycles. The normalized spacial score (nSPS) is 17.2. The fourth-order valence-corrected chi connectivity index (χ4v) is 2.16. The summed E-state index contributed by atoms with van der Waals surface area (Å²) in [6, 6.07) is 0. The summed E-state index contributed by atoms with van der Waals surface area (Å²) in [5, 5.41) is -4.29. The first-order valence-corrected chi connectivity index (χ1v) is 7.32. The average molecular weight is 382 g/mol. The third kappa shape index (κ3) is 4.42. The third-order valence-corrected chi connectivity index (χ3v) is 3.96. The van der Waals surface area contributed by atoms with Gasteiger partial charge in [-0.25, -0.2) is 4.39 Å². The Kier molecular flexibility index (Phi) is 7.23. The van der Waals surface area contributed by atoms with Gasteiger partial charge in [-0.15, -0.1) is 0 Å². The molecule has 23 heavy (non-hydrogen) atoms. The van der Waals surface area contributed by atoms with Crippen molar-refractivity contribution in [2.24, 2.45) is 0 Å². The van der Waals surface area contributed by atoms with Crippen LogP contribution in [0, 0.1) is 0 Å². The highest BCUT2D eigenvalue weighted by molar-refractivity contribution is 7.18. The minimum Gasteiger partial charge on any atom is -0.233 e. The summed E-state index contributed by atoms with van der Waals surface area (Å²) in [7, 11) is 0.648. The van der Waals surface area contributed by atoms with Crippen LogP contribution in [-0.4, -0.2) is 29.4 Å². The maximum absolute atomic E-state index is 13.8. The molecule has 0 radical (unpaired) electrons. The zero-order valence-electron chi connectivity index (χ0n) is 12.1. The van der Waals surface area contributed by atoms with Crippen molar-refractivity contribution in [3.05, 3.63) is 0 Å². The van der Waals surface area contributed by atoms with E-state index >= 15 is 0 Å². The summed E-state index contributed by atoms with van der Waals surface area (Å²) in [5.41, 5.74) is 0. The SMILES string of the molecule is CCCCCCCC(F)(P)C(F)(F)C(F)(F)C(F)(F)C(F)(F)F. The molecule has 0 aliphatic heterocycles. The highest BCUT2D eigenvalue weighted by Crippen LogP contribution is 2.59. The molecule has 0 aromatic rings. The van der Waals surface area contributed by atoms with Crippen molar-refractivity contribution >= 4 is 9.24 Å². The van der Waals surface area contributed by atoms with Gasteiger partial charge >= 0.3 is 23.9 Å². The van der Waals surface area contributed by atoms with Gasteiger partial charge in [-0.05, 0) is 12.8 Å². The van der Waals surface area contributed by atoms with E-state index in [2.05, 4.69) is 0 Å². The molecule has 0 aromatic carbocycles. The second-order valence-electron chi connectivity index (χ2n) is 5.25. The molecule has 0 bridgehead atoms. The molecule has 0 aliphatic carbocycles. The zero-order chi connectivity index (χ0) is 18.7. The van der Waals surface area contributed by atoms with Crippen LogP contribution in [0.5, 0.6) is 0 Å². The van der Waals surface area contributed by atoms with Crippen molar-refractivity contribution < 1.29 is 43.9 Å². The second-order valence-corrected chi connectivity index (χ2v) is 6.16. The van der Waals surface area contributed by atoms with Gasteiger partial charge in [0.2, 0.25) is 0 Å². The summed E-state index contributed by atoms with van der Waals surface area (Å²) in [5.74, 6) is -20.2. The van der Waals surface area contributed by atoms with Crippen molar-refractivity contribution in [2.45, 2.75) is 74.8 Å². The van der Waals surface area contributed by atoms with E-state index in [1.54, 1.807) is 0 Å². The fourth-order valence-electron chi connectivity index (χ4n) is 1.78. The van der Waals surface area contributed by atoms with E-state index in [-0.39, 0.29) is 12.8 Å². The van der Waals surface area contributed by atoms with E-state index in [9.17, 15) is 43.9 Å². The van der Waals surface area contributed by atoms with E-state index in [0.29, 0.717) is 22.1 Å². The van der Waals surface area contributed by atoms with Crippen LogP contribution < -0.4 is 0 Å². The van der Waals surface area contributed by atoms with Gasteiger partial charge < -0.3 is 0 Å². The maximum Gasteiger partial charge on any atom is 0.460 e. The van der Waals surface area contributed by atoms with Crippen molar-refractivity contribution in [1.82, 2.24) is 0 Å². The molecular formula is C12H17F10P. The molecule has 2 atom stereocenters. The molecule has 0 nitrogen and oxygen atoms in total. The van der Waals surface area contributed by atoms with E-state index in [1.807, 2.05) is 6.92 Å². The Morgan fingerprint density at radius 2 is 1.04 bits per heavy atom. The van der Waals surface area contributed by atoms with Crippen LogP contribution >= 0.6 is 9.24 Å². The fraction of sp³-hybridized carbons (Fsp3) is 1.00. The van der Waals surface area contributed by atoms with Crippen molar-refractivity contribution in [2.75, 3.05) is 0 Å². The largest absolute Gasteiger partial charge is 0.460 e. The van der Waals surface area contributed by atoms with Crippen LogP contribution in [-0.2, 0) is 0 Å². The topological polar surface area (TPSA) is 0 Å². The summed E-state index contributed by atoms with van der Waals surface area (Å²) in [6.07, 6.45) is -6.56. The minimum atomic E-state index is -7.07. The molecule has 11 heteroatoms. The molecule has 0 saturated carbocycles. The van der Waals surface area contributed by atoms with Gasteiger partial charge in [-0.1, -0.05) is 41.8 Å². The molecule has 0 aliphatic rings. The van der Waals surface area contributed by atoms with E-state index < -0.39 is 35.8 Å². The highest BCUT2D eigenvalue weighted by Gasteiger charge is 2.85. The molecule has 140 valence electrons. The first kappa shape index (κ1) is 22.7. The zero-order valence-corrected chi connectivity index (χ0v) is 13.3. The lowest BCUT2D eigenvalue weighted by Crippen LogP contribution is -2.65. The number of hydrogen-bond acceptors (Lipinski definition) is 0. The van der Waals surface area contributed by atoms with Crippen LogP contribution in [0.25, 0.3) is 0 Å². The number of alkyl halides is 10. The Labute approximate surface area is 129 Å². The van der Waals surface area contributed by atoms with Crippen molar-refractivity contribution in [1.29, 1.82) is 0 Å². The maximum atomic E-state index is 13.8. The average Bonchev–Trinajstić information content (AvgIpc) is 2.36. The quantitative estimate of drug-likeness (QED) is 0.247. The number of unbranched alkanes of at least 4 members (excludes halogenated alkanes) is 4. The number of halogens is 10. The predicted octanol–water partition coefficient (Wildman–Crippen LogP) is 6.36. The van der Waals surface area contributed by atoms with Gasteiger partial charge in [-0.3, -0.25) is 0 Å². The summed E-state index contributed by atoms with van der Waals surface area (Å²) in [4.78, 5) is 0. The Balaban J connectivity index is 5.26. The van der Waals surface area contributed by atoms with Gasteiger partial charge in [0.1, 0.15) is 0 Å². The summed E-state index contributed by atoms with van der Waals surface area (Å²) < 4.78 is 128. The molecule has 2 unspecified atom stereocenters. The number of hydrogen-bond donors (Lipinski definition) is 0. The smallest absolute Gasteiger partial charge is 0.233 e. The molecule has 0 amide bonds. The molecule has 0 rings (SSSR count). The lowest BCUT2D eigenvalue weighted by Gasteiger charge is -2.39. The molecule has 0 heterocycles. The summed E-state index contributed by atoms with van der Waals surface area (Å²) in [6.45, 7) is 1.81. The Hall–Kier alpha value is -0.270. The Morgan fingerprint density at radius 3 is 1.43 bits per heavy atom. The second kappa shape index (κ2) is 7.31. The van der Waals surface area contributed by atoms with Crippen LogP contribution in [0.3, 0.4) is 0 Å². The van der Waals surface area contributed by atoms with Gasteiger partial charge in [0.05, 0.1) is 0 Å². The Morgan fingerprint density at radius 1 is 0.609 bits per heavy atom. The third-order valence-electron chi connectivity index (χ3n) is 3.31. The van der Waals surface area contributed by atoms with Crippen molar-refractivity contribution in [3.8, 4) is 0 Å². The molecule has 0 spiro atoms. The van der Waals surface area contributed by atoms with Gasteiger partial charge in [0.25, 0.3) is 0 Å². The molecule has 0 saturated heterocycles. The monoisotopic (exact) mass is 382 g/mol. The van der Waals surface area contributed by atoms with Crippen molar-refractivity contribution in [3.63, 3.8) is 0 Å².